The van der Waals surface area contributed by atoms with Gasteiger partial charge in [-0.2, -0.15) is 0 Å². The van der Waals surface area contributed by atoms with E-state index in [-0.39, 0.29) is 5.91 Å². The molecule has 1 saturated heterocycles. The summed E-state index contributed by atoms with van der Waals surface area (Å²) in [4.78, 5) is 30.2. The molecule has 5 rings (SSSR count). The Hall–Kier alpha value is -3.84. The van der Waals surface area contributed by atoms with Gasteiger partial charge in [-0.25, -0.2) is 4.98 Å². The predicted octanol–water partition coefficient (Wildman–Crippen LogP) is 4.36. The van der Waals surface area contributed by atoms with Crippen molar-refractivity contribution in [2.24, 2.45) is 0 Å². The number of amides is 1. The van der Waals surface area contributed by atoms with Crippen molar-refractivity contribution in [1.29, 1.82) is 0 Å². The minimum atomic E-state index is 0.0131. The number of nitrogens with one attached hydrogen (secondary N) is 1. The second kappa shape index (κ2) is 9.97. The van der Waals surface area contributed by atoms with E-state index < -0.39 is 0 Å². The van der Waals surface area contributed by atoms with E-state index in [0.717, 1.165) is 66.4 Å². The van der Waals surface area contributed by atoms with Crippen molar-refractivity contribution in [3.05, 3.63) is 78.8 Å². The summed E-state index contributed by atoms with van der Waals surface area (Å²) in [5.41, 5.74) is 5.97. The third kappa shape index (κ3) is 5.05. The first-order chi connectivity index (χ1) is 16.7. The average molecular weight is 453 g/mol. The molecule has 1 amide bonds. The van der Waals surface area contributed by atoms with Gasteiger partial charge in [0.1, 0.15) is 5.82 Å². The first-order valence-electron chi connectivity index (χ1n) is 11.7. The molecule has 1 N–H and O–H groups in total. The van der Waals surface area contributed by atoms with Crippen LogP contribution in [0.5, 0.6) is 0 Å². The Morgan fingerprint density at radius 1 is 0.941 bits per heavy atom. The molecule has 7 nitrogen and oxygen atoms in total. The molecule has 0 unspecified atom stereocenters. The van der Waals surface area contributed by atoms with E-state index in [1.807, 2.05) is 61.9 Å². The van der Waals surface area contributed by atoms with Gasteiger partial charge in [-0.15, -0.1) is 0 Å². The van der Waals surface area contributed by atoms with Gasteiger partial charge in [0.25, 0.3) is 0 Å². The topological polar surface area (TPSA) is 74.2 Å². The largest absolute Gasteiger partial charge is 0.353 e. The van der Waals surface area contributed by atoms with Gasteiger partial charge in [-0.1, -0.05) is 31.2 Å². The summed E-state index contributed by atoms with van der Waals surface area (Å²) >= 11 is 0. The zero-order chi connectivity index (χ0) is 23.3. The van der Waals surface area contributed by atoms with Gasteiger partial charge in [0.05, 0.1) is 17.2 Å². The van der Waals surface area contributed by atoms with Crippen molar-refractivity contribution in [2.45, 2.75) is 19.9 Å². The Bertz CT molecular complexity index is 1270. The molecule has 7 heteroatoms. The van der Waals surface area contributed by atoms with Gasteiger partial charge >= 0.3 is 0 Å². The summed E-state index contributed by atoms with van der Waals surface area (Å²) in [6, 6.07) is 18.2. The van der Waals surface area contributed by atoms with Gasteiger partial charge in [-0.3, -0.25) is 19.7 Å². The number of rotatable bonds is 6. The molecule has 0 atom stereocenters. The van der Waals surface area contributed by atoms with E-state index in [4.69, 9.17) is 4.98 Å². The number of piperazine rings is 1. The summed E-state index contributed by atoms with van der Waals surface area (Å²) in [5.74, 6) is 0.933. The lowest BCUT2D eigenvalue weighted by Crippen LogP contribution is -2.46. The molecule has 2 aromatic carbocycles. The zero-order valence-corrected chi connectivity index (χ0v) is 19.3. The van der Waals surface area contributed by atoms with Crippen LogP contribution in [0, 0.1) is 0 Å². The zero-order valence-electron chi connectivity index (χ0n) is 19.3. The highest BCUT2D eigenvalue weighted by atomic mass is 16.1. The van der Waals surface area contributed by atoms with Crippen molar-refractivity contribution in [3.63, 3.8) is 0 Å². The van der Waals surface area contributed by atoms with Crippen LogP contribution in [0.3, 0.4) is 0 Å². The second-order valence-electron chi connectivity index (χ2n) is 8.54. The molecule has 0 aliphatic carbocycles. The fraction of sp³-hybridized carbons (Fsp3) is 0.259. The van der Waals surface area contributed by atoms with Crippen LogP contribution in [0.2, 0.25) is 0 Å². The van der Waals surface area contributed by atoms with Crippen LogP contribution in [0.25, 0.3) is 22.2 Å². The highest BCUT2D eigenvalue weighted by Crippen LogP contribution is 2.26. The molecule has 3 heterocycles. The monoisotopic (exact) mass is 452 g/mol. The molecule has 1 aliphatic heterocycles. The molecular formula is C27H28N6O. The van der Waals surface area contributed by atoms with Crippen molar-refractivity contribution >= 4 is 28.4 Å². The average Bonchev–Trinajstić information content (AvgIpc) is 2.89. The lowest BCUT2D eigenvalue weighted by Gasteiger charge is -2.35. The first kappa shape index (κ1) is 22.0. The predicted molar refractivity (Wildman–Crippen MR) is 136 cm³/mol. The van der Waals surface area contributed by atoms with Gasteiger partial charge in [-0.05, 0) is 47.0 Å². The molecule has 0 radical (unpaired) electrons. The quantitative estimate of drug-likeness (QED) is 0.469. The fourth-order valence-electron chi connectivity index (χ4n) is 4.21. The summed E-state index contributed by atoms with van der Waals surface area (Å²) in [5, 5.41) is 2.89. The van der Waals surface area contributed by atoms with Crippen molar-refractivity contribution < 1.29 is 4.79 Å². The number of benzene rings is 2. The number of hydrogen-bond donors (Lipinski definition) is 1. The van der Waals surface area contributed by atoms with Crippen molar-refractivity contribution in [3.8, 4) is 11.1 Å². The van der Waals surface area contributed by atoms with Crippen molar-refractivity contribution in [2.75, 3.05) is 36.4 Å². The summed E-state index contributed by atoms with van der Waals surface area (Å²) < 4.78 is 0. The van der Waals surface area contributed by atoms with E-state index in [1.165, 1.54) is 5.56 Å². The molecule has 34 heavy (non-hydrogen) atoms. The Morgan fingerprint density at radius 2 is 1.74 bits per heavy atom. The number of fused-ring (bicyclic) bond motifs is 1. The summed E-state index contributed by atoms with van der Waals surface area (Å²) in [6.07, 6.45) is 6.09. The van der Waals surface area contributed by atoms with Crippen LogP contribution in [-0.4, -0.2) is 51.9 Å². The van der Waals surface area contributed by atoms with Crippen LogP contribution in [-0.2, 0) is 11.3 Å². The number of hydrogen-bond acceptors (Lipinski definition) is 6. The maximum Gasteiger partial charge on any atom is 0.224 e. The third-order valence-electron chi connectivity index (χ3n) is 6.18. The Morgan fingerprint density at radius 3 is 2.47 bits per heavy atom. The standard InChI is InChI=1S/C27H28N6O/c1-2-27(34)30-23-8-5-21(6-9-23)22-7-10-24-25(16-22)31-26(18-29-24)33-14-12-32(13-15-33)19-20-4-3-11-28-17-20/h3-11,16-18H,2,12-15,19H2,1H3,(H,30,34). The normalized spacial score (nSPS) is 14.3. The first-order valence-corrected chi connectivity index (χ1v) is 11.7. The number of anilines is 2. The maximum atomic E-state index is 11.6. The molecule has 0 saturated carbocycles. The molecular weight excluding hydrogens is 424 g/mol. The maximum absolute atomic E-state index is 11.6. The Kier molecular flexibility index (Phi) is 6.44. The SMILES string of the molecule is CCC(=O)Nc1ccc(-c2ccc3ncc(N4CCN(Cc5cccnc5)CC4)nc3c2)cc1. The van der Waals surface area contributed by atoms with Crippen LogP contribution < -0.4 is 10.2 Å². The molecule has 1 aliphatic rings. The highest BCUT2D eigenvalue weighted by molar-refractivity contribution is 5.91. The lowest BCUT2D eigenvalue weighted by molar-refractivity contribution is -0.115. The number of carbonyl (C=O) groups is 1. The highest BCUT2D eigenvalue weighted by Gasteiger charge is 2.19. The molecule has 4 aromatic rings. The van der Waals surface area contributed by atoms with E-state index in [0.29, 0.717) is 6.42 Å². The van der Waals surface area contributed by atoms with Crippen LogP contribution >= 0.6 is 0 Å². The van der Waals surface area contributed by atoms with Crippen LogP contribution in [0.1, 0.15) is 18.9 Å². The summed E-state index contributed by atoms with van der Waals surface area (Å²) in [7, 11) is 0. The van der Waals surface area contributed by atoms with Crippen LogP contribution in [0.4, 0.5) is 11.5 Å². The smallest absolute Gasteiger partial charge is 0.224 e. The van der Waals surface area contributed by atoms with Crippen molar-refractivity contribution in [1.82, 2.24) is 19.9 Å². The third-order valence-corrected chi connectivity index (χ3v) is 6.18. The number of nitrogens with zero attached hydrogens (tertiary/aromatic N) is 5. The minimum absolute atomic E-state index is 0.0131. The fourth-order valence-corrected chi connectivity index (χ4v) is 4.21. The summed E-state index contributed by atoms with van der Waals surface area (Å²) in [6.45, 7) is 6.58. The molecule has 1 fully saturated rings. The Balaban J connectivity index is 1.28. The van der Waals surface area contributed by atoms with Crippen LogP contribution in [0.15, 0.2) is 73.2 Å². The Labute approximate surface area is 199 Å². The number of aromatic nitrogens is 3. The van der Waals surface area contributed by atoms with Gasteiger partial charge in [0, 0.05) is 57.2 Å². The second-order valence-corrected chi connectivity index (χ2v) is 8.54. The minimum Gasteiger partial charge on any atom is -0.353 e. The van der Waals surface area contributed by atoms with Gasteiger partial charge in [0.2, 0.25) is 5.91 Å². The lowest BCUT2D eigenvalue weighted by atomic mass is 10.0. The molecule has 0 bridgehead atoms. The van der Waals surface area contributed by atoms with E-state index >= 15 is 0 Å². The molecule has 172 valence electrons. The number of carbonyl (C=O) groups excluding carboxylic acids is 1. The van der Waals surface area contributed by atoms with Gasteiger partial charge in [0.15, 0.2) is 0 Å². The molecule has 0 spiro atoms. The van der Waals surface area contributed by atoms with E-state index in [2.05, 4.69) is 43.3 Å². The van der Waals surface area contributed by atoms with Gasteiger partial charge < -0.3 is 10.2 Å². The van der Waals surface area contributed by atoms with E-state index in [9.17, 15) is 4.79 Å². The number of pyridine rings is 1. The van der Waals surface area contributed by atoms with E-state index in [1.54, 1.807) is 0 Å². The molecule has 2 aromatic heterocycles.